The fourth-order valence-electron chi connectivity index (χ4n) is 2.57. The van der Waals surface area contributed by atoms with Crippen molar-refractivity contribution in [2.45, 2.75) is 20.5 Å². The van der Waals surface area contributed by atoms with E-state index in [0.717, 1.165) is 0 Å². The topological polar surface area (TPSA) is 121 Å². The van der Waals surface area contributed by atoms with Crippen LogP contribution in [0.3, 0.4) is 0 Å². The van der Waals surface area contributed by atoms with Gasteiger partial charge in [-0.25, -0.2) is 9.59 Å². The van der Waals surface area contributed by atoms with Gasteiger partial charge >= 0.3 is 11.9 Å². The van der Waals surface area contributed by atoms with E-state index >= 15 is 0 Å². The van der Waals surface area contributed by atoms with Gasteiger partial charge in [-0.2, -0.15) is 0 Å². The highest BCUT2D eigenvalue weighted by Gasteiger charge is 2.24. The van der Waals surface area contributed by atoms with Gasteiger partial charge in [-0.3, -0.25) is 10.1 Å². The number of aryl methyl sites for hydroxylation is 1. The number of aromatic amines is 1. The first-order valence-corrected chi connectivity index (χ1v) is 7.56. The Morgan fingerprint density at radius 3 is 2.46 bits per heavy atom. The van der Waals surface area contributed by atoms with Crippen molar-refractivity contribution in [3.05, 3.63) is 56.4 Å². The van der Waals surface area contributed by atoms with E-state index in [2.05, 4.69) is 4.98 Å². The first-order chi connectivity index (χ1) is 12.3. The number of non-ortho nitro benzene ring substituents is 1. The summed E-state index contributed by atoms with van der Waals surface area (Å²) in [7, 11) is 2.66. The first-order valence-electron chi connectivity index (χ1n) is 7.56. The second kappa shape index (κ2) is 7.68. The predicted molar refractivity (Wildman–Crippen MR) is 90.4 cm³/mol. The SMILES string of the molecule is COC(=O)c1c(C)[nH]c(C(=O)OCc2cc([N+](=O)[O-])ccc2OC)c1C. The van der Waals surface area contributed by atoms with Gasteiger partial charge in [-0.05, 0) is 25.5 Å². The van der Waals surface area contributed by atoms with Gasteiger partial charge in [0.05, 0.1) is 24.7 Å². The summed E-state index contributed by atoms with van der Waals surface area (Å²) in [5, 5.41) is 10.9. The zero-order valence-electron chi connectivity index (χ0n) is 14.7. The average molecular weight is 362 g/mol. The quantitative estimate of drug-likeness (QED) is 0.476. The van der Waals surface area contributed by atoms with Gasteiger partial charge in [-0.15, -0.1) is 0 Å². The summed E-state index contributed by atoms with van der Waals surface area (Å²) in [5.74, 6) is -0.900. The van der Waals surface area contributed by atoms with Crippen LogP contribution in [0.15, 0.2) is 18.2 Å². The van der Waals surface area contributed by atoms with Gasteiger partial charge in [0.15, 0.2) is 0 Å². The molecule has 0 saturated carbocycles. The summed E-state index contributed by atoms with van der Waals surface area (Å²) in [6.07, 6.45) is 0. The largest absolute Gasteiger partial charge is 0.496 e. The molecule has 2 aromatic rings. The minimum atomic E-state index is -0.700. The Kier molecular flexibility index (Phi) is 5.61. The molecule has 9 nitrogen and oxygen atoms in total. The minimum absolute atomic E-state index is 0.118. The smallest absolute Gasteiger partial charge is 0.355 e. The number of esters is 2. The molecule has 1 N–H and O–H groups in total. The number of ether oxygens (including phenoxy) is 3. The first kappa shape index (κ1) is 19.0. The highest BCUT2D eigenvalue weighted by Crippen LogP contribution is 2.25. The molecule has 1 aromatic carbocycles. The van der Waals surface area contributed by atoms with Crippen molar-refractivity contribution in [2.75, 3.05) is 14.2 Å². The normalized spacial score (nSPS) is 10.3. The van der Waals surface area contributed by atoms with Gasteiger partial charge in [0, 0.05) is 23.4 Å². The third-order valence-electron chi connectivity index (χ3n) is 3.86. The molecule has 138 valence electrons. The lowest BCUT2D eigenvalue weighted by Crippen LogP contribution is -2.09. The molecular weight excluding hydrogens is 344 g/mol. The molecule has 0 unspecified atom stereocenters. The zero-order valence-corrected chi connectivity index (χ0v) is 14.7. The number of nitrogens with one attached hydrogen (secondary N) is 1. The summed E-state index contributed by atoms with van der Waals surface area (Å²) in [6.45, 7) is 3.01. The molecule has 0 saturated heterocycles. The maximum absolute atomic E-state index is 12.4. The molecule has 1 heterocycles. The van der Waals surface area contributed by atoms with Gasteiger partial charge in [-0.1, -0.05) is 0 Å². The Labute approximate surface area is 149 Å². The van der Waals surface area contributed by atoms with Gasteiger partial charge in [0.2, 0.25) is 0 Å². The number of hydrogen-bond donors (Lipinski definition) is 1. The average Bonchev–Trinajstić information content (AvgIpc) is 2.93. The van der Waals surface area contributed by atoms with Crippen molar-refractivity contribution in [1.29, 1.82) is 0 Å². The van der Waals surface area contributed by atoms with E-state index in [-0.39, 0.29) is 23.6 Å². The summed E-state index contributed by atoms with van der Waals surface area (Å²) >= 11 is 0. The molecule has 0 bridgehead atoms. The lowest BCUT2D eigenvalue weighted by atomic mass is 10.1. The van der Waals surface area contributed by atoms with E-state index in [1.807, 2.05) is 0 Å². The van der Waals surface area contributed by atoms with E-state index in [9.17, 15) is 19.7 Å². The van der Waals surface area contributed by atoms with Crippen molar-refractivity contribution in [3.63, 3.8) is 0 Å². The molecule has 0 atom stereocenters. The van der Waals surface area contributed by atoms with Crippen LogP contribution in [0.1, 0.15) is 37.7 Å². The van der Waals surface area contributed by atoms with Crippen LogP contribution in [-0.4, -0.2) is 36.1 Å². The maximum atomic E-state index is 12.4. The fourth-order valence-corrected chi connectivity index (χ4v) is 2.57. The number of methoxy groups -OCH3 is 2. The molecule has 0 spiro atoms. The Hall–Kier alpha value is -3.36. The number of nitrogens with zero attached hydrogens (tertiary/aromatic N) is 1. The standard InChI is InChI=1S/C17H18N2O7/c1-9-14(16(20)25-4)10(2)18-15(9)17(21)26-8-11-7-12(19(22)23)5-6-13(11)24-3/h5-7,18H,8H2,1-4H3. The monoisotopic (exact) mass is 362 g/mol. The van der Waals surface area contributed by atoms with Gasteiger partial charge in [0.1, 0.15) is 18.1 Å². The van der Waals surface area contributed by atoms with Crippen LogP contribution >= 0.6 is 0 Å². The molecule has 9 heteroatoms. The van der Waals surface area contributed by atoms with Crippen molar-refractivity contribution in [1.82, 2.24) is 4.98 Å². The highest BCUT2D eigenvalue weighted by molar-refractivity contribution is 5.98. The van der Waals surface area contributed by atoms with E-state index in [1.165, 1.54) is 32.4 Å². The van der Waals surface area contributed by atoms with Crippen LogP contribution in [0.25, 0.3) is 0 Å². The number of carbonyl (C=O) groups excluding carboxylic acids is 2. The predicted octanol–water partition coefficient (Wildman–Crippen LogP) is 2.69. The summed E-state index contributed by atoms with van der Waals surface area (Å²) in [6, 6.07) is 4.00. The lowest BCUT2D eigenvalue weighted by molar-refractivity contribution is -0.385. The highest BCUT2D eigenvalue weighted by atomic mass is 16.6. The number of nitro benzene ring substituents is 1. The fraction of sp³-hybridized carbons (Fsp3) is 0.294. The molecule has 0 aliphatic carbocycles. The molecule has 26 heavy (non-hydrogen) atoms. The van der Waals surface area contributed by atoms with Gasteiger partial charge in [0.25, 0.3) is 5.69 Å². The van der Waals surface area contributed by atoms with Gasteiger partial charge < -0.3 is 19.2 Å². The third kappa shape index (κ3) is 3.66. The number of aromatic nitrogens is 1. The van der Waals surface area contributed by atoms with Crippen molar-refractivity contribution in [2.24, 2.45) is 0 Å². The third-order valence-corrected chi connectivity index (χ3v) is 3.86. The van der Waals surface area contributed by atoms with E-state index in [0.29, 0.717) is 22.6 Å². The number of hydrogen-bond acceptors (Lipinski definition) is 7. The summed E-state index contributed by atoms with van der Waals surface area (Å²) in [4.78, 5) is 37.3. The Balaban J connectivity index is 2.23. The maximum Gasteiger partial charge on any atom is 0.355 e. The number of nitro groups is 1. The van der Waals surface area contributed by atoms with Crippen LogP contribution in [0, 0.1) is 24.0 Å². The minimum Gasteiger partial charge on any atom is -0.496 e. The van der Waals surface area contributed by atoms with Crippen LogP contribution in [0.2, 0.25) is 0 Å². The lowest BCUT2D eigenvalue weighted by Gasteiger charge is -2.09. The summed E-state index contributed by atoms with van der Waals surface area (Å²) in [5.41, 5.74) is 1.49. The molecule has 0 radical (unpaired) electrons. The number of benzene rings is 1. The zero-order chi connectivity index (χ0) is 19.4. The van der Waals surface area contributed by atoms with Crippen LogP contribution in [0.5, 0.6) is 5.75 Å². The molecular formula is C17H18N2O7. The van der Waals surface area contributed by atoms with E-state index in [4.69, 9.17) is 14.2 Å². The molecule has 0 aliphatic heterocycles. The van der Waals surface area contributed by atoms with Crippen molar-refractivity contribution in [3.8, 4) is 5.75 Å². The molecule has 0 fully saturated rings. The van der Waals surface area contributed by atoms with E-state index in [1.54, 1.807) is 13.8 Å². The Bertz CT molecular complexity index is 870. The number of carbonyl (C=O) groups is 2. The van der Waals surface area contributed by atoms with Crippen molar-refractivity contribution >= 4 is 17.6 Å². The van der Waals surface area contributed by atoms with E-state index < -0.39 is 16.9 Å². The Morgan fingerprint density at radius 2 is 1.88 bits per heavy atom. The molecule has 1 aromatic heterocycles. The molecule has 0 amide bonds. The summed E-state index contributed by atoms with van der Waals surface area (Å²) < 4.78 is 15.1. The number of H-pyrrole nitrogens is 1. The Morgan fingerprint density at radius 1 is 1.19 bits per heavy atom. The number of rotatable bonds is 6. The van der Waals surface area contributed by atoms with Crippen LogP contribution < -0.4 is 4.74 Å². The second-order valence-corrected chi connectivity index (χ2v) is 5.45. The molecule has 2 rings (SSSR count). The second-order valence-electron chi connectivity index (χ2n) is 5.45. The van der Waals surface area contributed by atoms with Crippen molar-refractivity contribution < 1.29 is 28.7 Å². The molecule has 0 aliphatic rings. The van der Waals surface area contributed by atoms with Crippen LogP contribution in [-0.2, 0) is 16.1 Å². The van der Waals surface area contributed by atoms with Crippen LogP contribution in [0.4, 0.5) is 5.69 Å².